The molecule has 0 saturated carbocycles. The molecule has 0 rings (SSSR count). The van der Waals surface area contributed by atoms with Gasteiger partial charge in [0.15, 0.2) is 0 Å². The zero-order valence-electron chi connectivity index (χ0n) is 11.9. The summed E-state index contributed by atoms with van der Waals surface area (Å²) in [4.78, 5) is 14.0. The van der Waals surface area contributed by atoms with Gasteiger partial charge < -0.3 is 11.1 Å². The molecule has 0 aliphatic carbocycles. The maximum absolute atomic E-state index is 11.7. The summed E-state index contributed by atoms with van der Waals surface area (Å²) in [6.07, 6.45) is 2.76. The van der Waals surface area contributed by atoms with Crippen molar-refractivity contribution in [2.75, 3.05) is 31.6 Å². The standard InChI is InChI=1S/C12H27N3OS.ClH/c1-5-15(6-2)10(3)9-14-12(16)11(13)7-8-17-4;/h10-11H,5-9,13H2,1-4H3,(H,14,16);1H. The fourth-order valence-electron chi connectivity index (χ4n) is 1.73. The van der Waals surface area contributed by atoms with Crippen LogP contribution in [0.2, 0.25) is 0 Å². The second-order valence-electron chi connectivity index (χ2n) is 4.20. The molecule has 18 heavy (non-hydrogen) atoms. The summed E-state index contributed by atoms with van der Waals surface area (Å²) in [5.41, 5.74) is 5.79. The van der Waals surface area contributed by atoms with Gasteiger partial charge in [0.05, 0.1) is 6.04 Å². The van der Waals surface area contributed by atoms with Crippen LogP contribution in [0.4, 0.5) is 0 Å². The van der Waals surface area contributed by atoms with Crippen LogP contribution < -0.4 is 11.1 Å². The summed E-state index contributed by atoms with van der Waals surface area (Å²) in [6, 6.07) is -0.00643. The first-order valence-corrected chi connectivity index (χ1v) is 7.72. The van der Waals surface area contributed by atoms with E-state index in [2.05, 4.69) is 31.0 Å². The molecule has 0 aromatic rings. The Balaban J connectivity index is 0. The molecule has 110 valence electrons. The van der Waals surface area contributed by atoms with E-state index in [0.717, 1.165) is 25.3 Å². The van der Waals surface area contributed by atoms with Crippen molar-refractivity contribution < 1.29 is 4.79 Å². The van der Waals surface area contributed by atoms with Gasteiger partial charge in [0.2, 0.25) is 5.91 Å². The van der Waals surface area contributed by atoms with Crippen LogP contribution in [0, 0.1) is 0 Å². The molecular weight excluding hydrogens is 270 g/mol. The quantitative estimate of drug-likeness (QED) is 0.674. The molecule has 0 fully saturated rings. The summed E-state index contributed by atoms with van der Waals surface area (Å²) < 4.78 is 0. The Kier molecular flexibility index (Phi) is 13.7. The van der Waals surface area contributed by atoms with Crippen LogP contribution in [0.25, 0.3) is 0 Å². The summed E-state index contributed by atoms with van der Waals surface area (Å²) in [5.74, 6) is 0.901. The van der Waals surface area contributed by atoms with Crippen LogP contribution in [0.15, 0.2) is 0 Å². The molecule has 0 saturated heterocycles. The van der Waals surface area contributed by atoms with Crippen LogP contribution in [0.1, 0.15) is 27.2 Å². The lowest BCUT2D eigenvalue weighted by Gasteiger charge is -2.26. The minimum atomic E-state index is -0.369. The van der Waals surface area contributed by atoms with Crippen LogP contribution in [0.3, 0.4) is 0 Å². The van der Waals surface area contributed by atoms with Crippen molar-refractivity contribution in [1.82, 2.24) is 10.2 Å². The Morgan fingerprint density at radius 1 is 1.39 bits per heavy atom. The predicted molar refractivity (Wildman–Crippen MR) is 83.6 cm³/mol. The average Bonchev–Trinajstić information content (AvgIpc) is 2.34. The number of carbonyl (C=O) groups is 1. The van der Waals surface area contributed by atoms with E-state index < -0.39 is 0 Å². The molecule has 0 aromatic heterocycles. The number of nitrogens with two attached hydrogens (primary N) is 1. The molecule has 6 heteroatoms. The number of amides is 1. The van der Waals surface area contributed by atoms with E-state index >= 15 is 0 Å². The minimum absolute atomic E-state index is 0. The van der Waals surface area contributed by atoms with Crippen molar-refractivity contribution in [3.05, 3.63) is 0 Å². The van der Waals surface area contributed by atoms with Gasteiger partial charge in [0, 0.05) is 12.6 Å². The molecule has 0 aliphatic heterocycles. The van der Waals surface area contributed by atoms with Crippen molar-refractivity contribution in [2.45, 2.75) is 39.3 Å². The van der Waals surface area contributed by atoms with Gasteiger partial charge in [-0.1, -0.05) is 13.8 Å². The molecule has 2 unspecified atom stereocenters. The molecule has 0 spiro atoms. The monoisotopic (exact) mass is 297 g/mol. The molecular formula is C12H28ClN3OS. The van der Waals surface area contributed by atoms with E-state index in [4.69, 9.17) is 5.73 Å². The smallest absolute Gasteiger partial charge is 0.237 e. The van der Waals surface area contributed by atoms with E-state index in [1.807, 2.05) is 6.26 Å². The molecule has 0 aromatic carbocycles. The number of hydrogen-bond acceptors (Lipinski definition) is 4. The second-order valence-corrected chi connectivity index (χ2v) is 5.19. The molecule has 0 aliphatic rings. The van der Waals surface area contributed by atoms with Gasteiger partial charge in [0.25, 0.3) is 0 Å². The first-order chi connectivity index (χ1) is 8.06. The summed E-state index contributed by atoms with van der Waals surface area (Å²) in [7, 11) is 0. The Bertz CT molecular complexity index is 215. The van der Waals surface area contributed by atoms with E-state index in [0.29, 0.717) is 12.6 Å². The highest BCUT2D eigenvalue weighted by atomic mass is 35.5. The molecule has 0 radical (unpaired) electrons. The number of carbonyl (C=O) groups excluding carboxylic acids is 1. The lowest BCUT2D eigenvalue weighted by molar-refractivity contribution is -0.122. The Morgan fingerprint density at radius 2 is 1.94 bits per heavy atom. The first kappa shape index (κ1) is 20.3. The third kappa shape index (κ3) is 8.19. The van der Waals surface area contributed by atoms with Crippen LogP contribution in [0.5, 0.6) is 0 Å². The summed E-state index contributed by atoms with van der Waals surface area (Å²) in [6.45, 7) is 9.07. The van der Waals surface area contributed by atoms with Gasteiger partial charge in [-0.2, -0.15) is 11.8 Å². The molecule has 0 heterocycles. The normalized spacial score (nSPS) is 13.9. The third-order valence-electron chi connectivity index (χ3n) is 2.98. The largest absolute Gasteiger partial charge is 0.353 e. The molecule has 2 atom stereocenters. The van der Waals surface area contributed by atoms with Gasteiger partial charge in [-0.05, 0) is 38.4 Å². The minimum Gasteiger partial charge on any atom is -0.353 e. The summed E-state index contributed by atoms with van der Waals surface area (Å²) >= 11 is 1.72. The van der Waals surface area contributed by atoms with Crippen molar-refractivity contribution in [3.63, 3.8) is 0 Å². The SMILES string of the molecule is CCN(CC)C(C)CNC(=O)C(N)CCSC.Cl. The second kappa shape index (κ2) is 12.1. The van der Waals surface area contributed by atoms with E-state index in [1.54, 1.807) is 11.8 Å². The first-order valence-electron chi connectivity index (χ1n) is 6.33. The Morgan fingerprint density at radius 3 is 2.39 bits per heavy atom. The van der Waals surface area contributed by atoms with Crippen molar-refractivity contribution in [1.29, 1.82) is 0 Å². The number of hydrogen-bond donors (Lipinski definition) is 2. The lowest BCUT2D eigenvalue weighted by Crippen LogP contribution is -2.47. The van der Waals surface area contributed by atoms with Crippen molar-refractivity contribution in [3.8, 4) is 0 Å². The fourth-order valence-corrected chi connectivity index (χ4v) is 2.22. The average molecular weight is 298 g/mol. The lowest BCUT2D eigenvalue weighted by atomic mass is 10.2. The molecule has 0 bridgehead atoms. The molecule has 4 nitrogen and oxygen atoms in total. The maximum atomic E-state index is 11.7. The van der Waals surface area contributed by atoms with Crippen LogP contribution in [-0.4, -0.2) is 54.5 Å². The number of nitrogens with zero attached hydrogens (tertiary/aromatic N) is 1. The van der Waals surface area contributed by atoms with Gasteiger partial charge in [-0.3, -0.25) is 9.69 Å². The Hall–Kier alpha value is 0.0300. The highest BCUT2D eigenvalue weighted by Crippen LogP contribution is 2.00. The van der Waals surface area contributed by atoms with E-state index in [9.17, 15) is 4.79 Å². The van der Waals surface area contributed by atoms with Crippen LogP contribution >= 0.6 is 24.2 Å². The van der Waals surface area contributed by atoms with E-state index in [-0.39, 0.29) is 24.4 Å². The van der Waals surface area contributed by atoms with Gasteiger partial charge >= 0.3 is 0 Å². The van der Waals surface area contributed by atoms with Crippen LogP contribution in [-0.2, 0) is 4.79 Å². The number of nitrogens with one attached hydrogen (secondary N) is 1. The summed E-state index contributed by atoms with van der Waals surface area (Å²) in [5, 5.41) is 2.93. The number of rotatable bonds is 9. The molecule has 1 amide bonds. The molecule has 3 N–H and O–H groups in total. The van der Waals surface area contributed by atoms with Crippen molar-refractivity contribution >= 4 is 30.1 Å². The highest BCUT2D eigenvalue weighted by Gasteiger charge is 2.15. The number of likely N-dealkylation sites (N-methyl/N-ethyl adjacent to an activating group) is 1. The van der Waals surface area contributed by atoms with E-state index in [1.165, 1.54) is 0 Å². The number of thioether (sulfide) groups is 1. The third-order valence-corrected chi connectivity index (χ3v) is 3.62. The van der Waals surface area contributed by atoms with Crippen molar-refractivity contribution in [2.24, 2.45) is 5.73 Å². The van der Waals surface area contributed by atoms with Gasteiger partial charge in [-0.15, -0.1) is 12.4 Å². The zero-order chi connectivity index (χ0) is 13.3. The topological polar surface area (TPSA) is 58.4 Å². The highest BCUT2D eigenvalue weighted by molar-refractivity contribution is 7.98. The fraction of sp³-hybridized carbons (Fsp3) is 0.917. The van der Waals surface area contributed by atoms with Gasteiger partial charge in [0.1, 0.15) is 0 Å². The number of halogens is 1. The maximum Gasteiger partial charge on any atom is 0.237 e. The zero-order valence-corrected chi connectivity index (χ0v) is 13.6. The Labute approximate surface area is 122 Å². The predicted octanol–water partition coefficient (Wildman–Crippen LogP) is 1.34. The van der Waals surface area contributed by atoms with Gasteiger partial charge in [-0.25, -0.2) is 0 Å².